The molecule has 2 fully saturated rings. The Morgan fingerprint density at radius 3 is 2.58 bits per heavy atom. The predicted octanol–water partition coefficient (Wildman–Crippen LogP) is 2.65. The number of hydrogen-bond acceptors (Lipinski definition) is 5. The molecule has 0 radical (unpaired) electrons. The Morgan fingerprint density at radius 1 is 1.06 bits per heavy atom. The second-order valence-electron chi connectivity index (χ2n) is 9.16. The maximum Gasteiger partial charge on any atom is 0.303 e. The number of carboxylic acid groups (broad SMARTS) is 1. The van der Waals surface area contributed by atoms with Crippen molar-refractivity contribution >= 4 is 40.2 Å². The van der Waals surface area contributed by atoms with Crippen molar-refractivity contribution in [2.45, 2.75) is 50.5 Å². The predicted molar refractivity (Wildman–Crippen MR) is 122 cm³/mol. The molecule has 1 atom stereocenters. The Kier molecular flexibility index (Phi) is 5.62. The number of carbonyl (C=O) groups is 4. The van der Waals surface area contributed by atoms with Crippen LogP contribution in [-0.4, -0.2) is 59.4 Å². The summed E-state index contributed by atoms with van der Waals surface area (Å²) in [6.07, 6.45) is 3.38. The number of piperidine rings is 2. The first-order valence-electron chi connectivity index (χ1n) is 11.6. The van der Waals surface area contributed by atoms with Gasteiger partial charge in [-0.05, 0) is 74.3 Å². The third-order valence-corrected chi connectivity index (χ3v) is 7.18. The molecule has 1 unspecified atom stereocenters. The van der Waals surface area contributed by atoms with Gasteiger partial charge >= 0.3 is 5.97 Å². The summed E-state index contributed by atoms with van der Waals surface area (Å²) in [4.78, 5) is 52.0. The molecule has 0 bridgehead atoms. The zero-order valence-corrected chi connectivity index (χ0v) is 18.4. The highest BCUT2D eigenvalue weighted by atomic mass is 16.4. The molecule has 8 nitrogen and oxygen atoms in total. The van der Waals surface area contributed by atoms with Gasteiger partial charge in [-0.3, -0.25) is 29.4 Å². The number of carboxylic acids is 1. The molecule has 0 aliphatic carbocycles. The van der Waals surface area contributed by atoms with Crippen LogP contribution in [0.5, 0.6) is 0 Å². The molecule has 172 valence electrons. The fourth-order valence-corrected chi connectivity index (χ4v) is 5.54. The van der Waals surface area contributed by atoms with Crippen LogP contribution in [0.25, 0.3) is 10.8 Å². The number of aliphatic carboxylic acids is 1. The molecular weight excluding hydrogens is 422 g/mol. The van der Waals surface area contributed by atoms with Crippen molar-refractivity contribution in [3.8, 4) is 0 Å². The molecule has 0 spiro atoms. The van der Waals surface area contributed by atoms with E-state index in [0.29, 0.717) is 24.3 Å². The molecule has 0 aromatic heterocycles. The highest BCUT2D eigenvalue weighted by molar-refractivity contribution is 6.27. The summed E-state index contributed by atoms with van der Waals surface area (Å²) in [6.45, 7) is 2.65. The van der Waals surface area contributed by atoms with Crippen molar-refractivity contribution in [1.29, 1.82) is 0 Å². The van der Waals surface area contributed by atoms with Gasteiger partial charge in [0.05, 0.1) is 5.69 Å². The Labute approximate surface area is 191 Å². The van der Waals surface area contributed by atoms with Gasteiger partial charge in [0.2, 0.25) is 11.8 Å². The molecule has 2 N–H and O–H groups in total. The van der Waals surface area contributed by atoms with Gasteiger partial charge in [0.1, 0.15) is 6.04 Å². The fraction of sp³-hybridized carbons (Fsp3) is 0.440. The quantitative estimate of drug-likeness (QED) is 0.657. The minimum Gasteiger partial charge on any atom is -0.481 e. The zero-order valence-electron chi connectivity index (χ0n) is 18.4. The molecule has 3 amide bonds. The molecule has 33 heavy (non-hydrogen) atoms. The maximum absolute atomic E-state index is 13.3. The van der Waals surface area contributed by atoms with Gasteiger partial charge < -0.3 is 10.0 Å². The highest BCUT2D eigenvalue weighted by Gasteiger charge is 2.41. The van der Waals surface area contributed by atoms with E-state index in [1.54, 1.807) is 4.90 Å². The SMILES string of the molecule is O=C(O)CCCN1CCC(c2ccc3c4c(cccc24)C(=O)N3C2CCC(=O)NC2=O)CC1. The fourth-order valence-electron chi connectivity index (χ4n) is 5.54. The van der Waals surface area contributed by atoms with Crippen LogP contribution in [0.1, 0.15) is 60.4 Å². The van der Waals surface area contributed by atoms with Gasteiger partial charge in [0, 0.05) is 23.8 Å². The zero-order chi connectivity index (χ0) is 23.1. The number of anilines is 1. The largest absolute Gasteiger partial charge is 0.481 e. The Morgan fingerprint density at radius 2 is 1.85 bits per heavy atom. The van der Waals surface area contributed by atoms with Crippen LogP contribution in [0.2, 0.25) is 0 Å². The number of carbonyl (C=O) groups excluding carboxylic acids is 3. The number of benzene rings is 2. The third-order valence-electron chi connectivity index (χ3n) is 7.18. The molecule has 3 heterocycles. The van der Waals surface area contributed by atoms with E-state index >= 15 is 0 Å². The number of hydrogen-bond donors (Lipinski definition) is 2. The first-order valence-corrected chi connectivity index (χ1v) is 11.6. The Hall–Kier alpha value is -3.26. The van der Waals surface area contributed by atoms with Crippen LogP contribution in [-0.2, 0) is 14.4 Å². The highest BCUT2D eigenvalue weighted by Crippen LogP contribution is 2.44. The van der Waals surface area contributed by atoms with Crippen LogP contribution < -0.4 is 10.2 Å². The molecule has 3 aliphatic heterocycles. The number of likely N-dealkylation sites (tertiary alicyclic amines) is 1. The van der Waals surface area contributed by atoms with Crippen molar-refractivity contribution in [3.05, 3.63) is 41.5 Å². The Bertz CT molecular complexity index is 1150. The Balaban J connectivity index is 1.39. The summed E-state index contributed by atoms with van der Waals surface area (Å²) in [7, 11) is 0. The number of rotatable bonds is 6. The second-order valence-corrected chi connectivity index (χ2v) is 9.16. The van der Waals surface area contributed by atoms with Crippen molar-refractivity contribution in [2.24, 2.45) is 0 Å². The van der Waals surface area contributed by atoms with Crippen LogP contribution in [0.3, 0.4) is 0 Å². The van der Waals surface area contributed by atoms with Crippen LogP contribution in [0, 0.1) is 0 Å². The van der Waals surface area contributed by atoms with Crippen LogP contribution in [0.15, 0.2) is 30.3 Å². The lowest BCUT2D eigenvalue weighted by atomic mass is 9.85. The summed E-state index contributed by atoms with van der Waals surface area (Å²) >= 11 is 0. The molecule has 2 saturated heterocycles. The smallest absolute Gasteiger partial charge is 0.303 e. The lowest BCUT2D eigenvalue weighted by Gasteiger charge is -2.33. The molecule has 5 rings (SSSR count). The van der Waals surface area contributed by atoms with E-state index in [1.165, 1.54) is 5.56 Å². The monoisotopic (exact) mass is 449 g/mol. The number of nitrogens with zero attached hydrogens (tertiary/aromatic N) is 2. The maximum atomic E-state index is 13.3. The van der Waals surface area contributed by atoms with Crippen molar-refractivity contribution in [1.82, 2.24) is 10.2 Å². The van der Waals surface area contributed by atoms with Crippen LogP contribution in [0.4, 0.5) is 5.69 Å². The molecular formula is C25H27N3O5. The van der Waals surface area contributed by atoms with Gasteiger partial charge in [-0.15, -0.1) is 0 Å². The molecule has 3 aliphatic rings. The van der Waals surface area contributed by atoms with E-state index in [9.17, 15) is 19.2 Å². The first-order chi connectivity index (χ1) is 15.9. The normalized spacial score (nSPS) is 21.6. The van der Waals surface area contributed by atoms with E-state index in [1.807, 2.05) is 18.2 Å². The molecule has 8 heteroatoms. The van der Waals surface area contributed by atoms with Gasteiger partial charge in [-0.2, -0.15) is 0 Å². The summed E-state index contributed by atoms with van der Waals surface area (Å²) in [5.41, 5.74) is 2.58. The van der Waals surface area contributed by atoms with Crippen molar-refractivity contribution in [3.63, 3.8) is 0 Å². The van der Waals surface area contributed by atoms with Gasteiger partial charge in [0.25, 0.3) is 5.91 Å². The van der Waals surface area contributed by atoms with E-state index in [0.717, 1.165) is 48.9 Å². The number of amides is 3. The molecule has 2 aromatic rings. The van der Waals surface area contributed by atoms with Crippen LogP contribution >= 0.6 is 0 Å². The molecule has 2 aromatic carbocycles. The summed E-state index contributed by atoms with van der Waals surface area (Å²) in [5, 5.41) is 13.2. The average molecular weight is 450 g/mol. The lowest BCUT2D eigenvalue weighted by molar-refractivity contribution is -0.137. The van der Waals surface area contributed by atoms with E-state index in [2.05, 4.69) is 22.3 Å². The second kappa shape index (κ2) is 8.59. The van der Waals surface area contributed by atoms with Gasteiger partial charge in [0.15, 0.2) is 0 Å². The van der Waals surface area contributed by atoms with Crippen molar-refractivity contribution in [2.75, 3.05) is 24.5 Å². The number of nitrogens with one attached hydrogen (secondary N) is 1. The van der Waals surface area contributed by atoms with E-state index in [-0.39, 0.29) is 24.7 Å². The summed E-state index contributed by atoms with van der Waals surface area (Å²) < 4.78 is 0. The van der Waals surface area contributed by atoms with Crippen molar-refractivity contribution < 1.29 is 24.3 Å². The minimum absolute atomic E-state index is 0.185. The first kappa shape index (κ1) is 21.6. The van der Waals surface area contributed by atoms with Gasteiger partial charge in [-0.25, -0.2) is 0 Å². The summed E-state index contributed by atoms with van der Waals surface area (Å²) in [5.74, 6) is -1.28. The van der Waals surface area contributed by atoms with E-state index in [4.69, 9.17) is 5.11 Å². The standard InChI is InChI=1S/C25H27N3O5/c29-21-9-8-20(24(32)26-21)28-19-7-6-16(17-3-1-4-18(23(17)19)25(28)33)15-10-13-27(14-11-15)12-2-5-22(30)31/h1,3-4,6-7,15,20H,2,5,8-14H2,(H,30,31)(H,26,29,32). The average Bonchev–Trinajstić information content (AvgIpc) is 3.08. The topological polar surface area (TPSA) is 107 Å². The van der Waals surface area contributed by atoms with Gasteiger partial charge in [-0.1, -0.05) is 18.2 Å². The number of imide groups is 1. The summed E-state index contributed by atoms with van der Waals surface area (Å²) in [6, 6.07) is 9.13. The molecule has 0 saturated carbocycles. The minimum atomic E-state index is -0.751. The van der Waals surface area contributed by atoms with E-state index < -0.39 is 17.9 Å². The lowest BCUT2D eigenvalue weighted by Crippen LogP contribution is -2.53. The third kappa shape index (κ3) is 3.88.